The second kappa shape index (κ2) is 5.21. The summed E-state index contributed by atoms with van der Waals surface area (Å²) in [4.78, 5) is 21.7. The van der Waals surface area contributed by atoms with Crippen molar-refractivity contribution in [3.05, 3.63) is 35.3 Å². The predicted octanol–water partition coefficient (Wildman–Crippen LogP) is 3.02. The quantitative estimate of drug-likeness (QED) is 0.687. The first-order chi connectivity index (χ1) is 9.38. The molecule has 1 aliphatic carbocycles. The van der Waals surface area contributed by atoms with Gasteiger partial charge in [-0.05, 0) is 37.6 Å². The van der Waals surface area contributed by atoms with Crippen molar-refractivity contribution < 1.29 is 23.8 Å². The summed E-state index contributed by atoms with van der Waals surface area (Å²) < 4.78 is 10.7. The molecule has 1 heterocycles. The monoisotopic (exact) mass is 274 g/mol. The van der Waals surface area contributed by atoms with E-state index in [0.29, 0.717) is 17.3 Å². The molecule has 1 N–H and O–H groups in total. The van der Waals surface area contributed by atoms with Crippen LogP contribution in [-0.2, 0) is 9.59 Å². The van der Waals surface area contributed by atoms with Gasteiger partial charge in [-0.2, -0.15) is 0 Å². The molecule has 0 radical (unpaired) electrons. The maximum Gasteiger partial charge on any atom is 0.328 e. The topological polar surface area (TPSA) is 76.7 Å². The molecule has 0 unspecified atom stereocenters. The smallest absolute Gasteiger partial charge is 0.328 e. The predicted molar refractivity (Wildman–Crippen MR) is 72.8 cm³/mol. The fourth-order valence-corrected chi connectivity index (χ4v) is 2.10. The lowest BCUT2D eigenvalue weighted by molar-refractivity contribution is -0.132. The molecular formula is C15H14O5. The summed E-state index contributed by atoms with van der Waals surface area (Å²) in [6.45, 7) is 4.90. The number of rotatable bonds is 3. The molecule has 1 aliphatic heterocycles. The minimum atomic E-state index is -1.06. The second-order valence-corrected chi connectivity index (χ2v) is 4.45. The highest BCUT2D eigenvalue weighted by Gasteiger charge is 2.20. The van der Waals surface area contributed by atoms with E-state index in [9.17, 15) is 9.59 Å². The Kier molecular flexibility index (Phi) is 3.61. The number of carbonyl (C=O) groups excluding carboxylic acids is 1. The van der Waals surface area contributed by atoms with Gasteiger partial charge in [0, 0.05) is 24.1 Å². The molecule has 2 aliphatic rings. The molecule has 0 amide bonds. The van der Waals surface area contributed by atoms with Crippen LogP contribution < -0.4 is 4.74 Å². The van der Waals surface area contributed by atoms with E-state index in [1.54, 1.807) is 19.9 Å². The molecule has 0 aromatic heterocycles. The van der Waals surface area contributed by atoms with Crippen LogP contribution in [0.25, 0.3) is 17.2 Å². The molecule has 0 fully saturated rings. The van der Waals surface area contributed by atoms with E-state index in [0.717, 1.165) is 22.8 Å². The highest BCUT2D eigenvalue weighted by Crippen LogP contribution is 2.40. The maximum absolute atomic E-state index is 11.1. The van der Waals surface area contributed by atoms with Gasteiger partial charge in [0.05, 0.1) is 0 Å². The minimum Gasteiger partial charge on any atom is -0.478 e. The first-order valence-electron chi connectivity index (χ1n) is 6.01. The van der Waals surface area contributed by atoms with Crippen molar-refractivity contribution >= 4 is 18.0 Å². The van der Waals surface area contributed by atoms with Gasteiger partial charge in [0.1, 0.15) is 17.3 Å². The third-order valence-electron chi connectivity index (χ3n) is 2.83. The van der Waals surface area contributed by atoms with E-state index < -0.39 is 11.9 Å². The van der Waals surface area contributed by atoms with Gasteiger partial charge in [-0.1, -0.05) is 0 Å². The van der Waals surface area contributed by atoms with Crippen molar-refractivity contribution in [3.63, 3.8) is 0 Å². The molecule has 2 rings (SSSR count). The molecule has 0 saturated heterocycles. The first-order valence-corrected chi connectivity index (χ1v) is 6.01. The zero-order chi connectivity index (χ0) is 14.9. The Morgan fingerprint density at radius 3 is 2.60 bits per heavy atom. The largest absolute Gasteiger partial charge is 0.478 e. The maximum atomic E-state index is 11.1. The van der Waals surface area contributed by atoms with Crippen molar-refractivity contribution in [2.45, 2.75) is 20.8 Å². The van der Waals surface area contributed by atoms with E-state index in [1.165, 1.54) is 13.0 Å². The second-order valence-electron chi connectivity index (χ2n) is 4.45. The highest BCUT2D eigenvalue weighted by molar-refractivity contribution is 5.89. The van der Waals surface area contributed by atoms with Gasteiger partial charge in [-0.25, -0.2) is 4.79 Å². The van der Waals surface area contributed by atoms with Gasteiger partial charge >= 0.3 is 11.9 Å². The molecule has 5 nitrogen and oxygen atoms in total. The summed E-state index contributed by atoms with van der Waals surface area (Å²) in [5.41, 5.74) is 2.32. The Hall–Kier alpha value is -2.56. The van der Waals surface area contributed by atoms with Crippen molar-refractivity contribution in [2.75, 3.05) is 0 Å². The van der Waals surface area contributed by atoms with Crippen LogP contribution >= 0.6 is 0 Å². The van der Waals surface area contributed by atoms with E-state index in [4.69, 9.17) is 14.3 Å². The molecule has 0 spiro atoms. The van der Waals surface area contributed by atoms with Crippen molar-refractivity contribution in [1.29, 1.82) is 0 Å². The Morgan fingerprint density at radius 1 is 1.30 bits per heavy atom. The Balaban J connectivity index is 2.61. The Bertz CT molecular complexity index is 678. The van der Waals surface area contributed by atoms with Crippen molar-refractivity contribution in [2.24, 2.45) is 0 Å². The Morgan fingerprint density at radius 2 is 2.00 bits per heavy atom. The SMILES string of the molecule is CC(=O)Oc1cc2cc(C)oc(C=CC(=O)O)c-2c1C. The van der Waals surface area contributed by atoms with E-state index in [1.807, 2.05) is 6.07 Å². The molecular weight excluding hydrogens is 260 g/mol. The highest BCUT2D eigenvalue weighted by atomic mass is 16.5. The molecule has 0 aromatic rings. The molecule has 5 heteroatoms. The summed E-state index contributed by atoms with van der Waals surface area (Å²) in [5.74, 6) is 0.0671. The van der Waals surface area contributed by atoms with E-state index in [-0.39, 0.29) is 0 Å². The third-order valence-corrected chi connectivity index (χ3v) is 2.83. The van der Waals surface area contributed by atoms with Gasteiger partial charge in [0.2, 0.25) is 0 Å². The first kappa shape index (κ1) is 13.9. The number of hydrogen-bond acceptors (Lipinski definition) is 4. The summed E-state index contributed by atoms with van der Waals surface area (Å²) in [7, 11) is 0. The van der Waals surface area contributed by atoms with Crippen LogP contribution in [0, 0.1) is 13.8 Å². The van der Waals surface area contributed by atoms with Crippen LogP contribution in [0.5, 0.6) is 5.75 Å². The standard InChI is InChI=1S/C15H14O5/c1-8-6-11-7-13(20-10(3)16)9(2)15(11)12(19-8)4-5-14(17)18/h4-7H,1-3H3,(H,17,18). The number of aliphatic carboxylic acids is 1. The molecule has 0 atom stereocenters. The number of fused-ring (bicyclic) bond motifs is 1. The molecule has 0 aromatic carbocycles. The number of hydrogen-bond donors (Lipinski definition) is 1. The van der Waals surface area contributed by atoms with Crippen LogP contribution in [0.1, 0.15) is 24.0 Å². The normalized spacial score (nSPS) is 11.2. The van der Waals surface area contributed by atoms with Gasteiger partial charge in [0.25, 0.3) is 0 Å². The summed E-state index contributed by atoms with van der Waals surface area (Å²) in [6, 6.07) is 3.56. The van der Waals surface area contributed by atoms with Gasteiger partial charge < -0.3 is 14.3 Å². The Labute approximate surface area is 115 Å². The number of aryl methyl sites for hydroxylation is 1. The lowest BCUT2D eigenvalue weighted by Gasteiger charge is -2.07. The minimum absolute atomic E-state index is 0.403. The fourth-order valence-electron chi connectivity index (χ4n) is 2.10. The number of carboxylic acids is 1. The molecule has 0 saturated carbocycles. The third kappa shape index (κ3) is 2.71. The lowest BCUT2D eigenvalue weighted by Crippen LogP contribution is -2.01. The van der Waals surface area contributed by atoms with Crippen molar-refractivity contribution in [3.8, 4) is 16.9 Å². The van der Waals surface area contributed by atoms with Crippen LogP contribution in [0.2, 0.25) is 0 Å². The van der Waals surface area contributed by atoms with Crippen LogP contribution in [0.15, 0.2) is 22.6 Å². The van der Waals surface area contributed by atoms with Gasteiger partial charge in [0.15, 0.2) is 0 Å². The van der Waals surface area contributed by atoms with E-state index in [2.05, 4.69) is 0 Å². The summed E-state index contributed by atoms with van der Waals surface area (Å²) in [5, 5.41) is 8.71. The summed E-state index contributed by atoms with van der Waals surface area (Å²) >= 11 is 0. The molecule has 0 bridgehead atoms. The zero-order valence-electron chi connectivity index (χ0n) is 11.4. The van der Waals surface area contributed by atoms with Gasteiger partial charge in [-0.3, -0.25) is 4.79 Å². The number of carbonyl (C=O) groups is 2. The lowest BCUT2D eigenvalue weighted by atomic mass is 10.1. The summed E-state index contributed by atoms with van der Waals surface area (Å²) in [6.07, 6.45) is 2.40. The average Bonchev–Trinajstić information content (AvgIpc) is 2.62. The average molecular weight is 274 g/mol. The molecule has 20 heavy (non-hydrogen) atoms. The van der Waals surface area contributed by atoms with Crippen LogP contribution in [0.4, 0.5) is 0 Å². The number of esters is 1. The number of carboxylic acid groups (broad SMARTS) is 1. The van der Waals surface area contributed by atoms with Crippen LogP contribution in [0.3, 0.4) is 0 Å². The molecule has 104 valence electrons. The zero-order valence-corrected chi connectivity index (χ0v) is 11.4. The number of ether oxygens (including phenoxy) is 1. The van der Waals surface area contributed by atoms with Gasteiger partial charge in [-0.15, -0.1) is 0 Å². The fraction of sp³-hybridized carbons (Fsp3) is 0.200. The van der Waals surface area contributed by atoms with Crippen molar-refractivity contribution in [1.82, 2.24) is 0 Å². The van der Waals surface area contributed by atoms with E-state index >= 15 is 0 Å². The van der Waals surface area contributed by atoms with Crippen LogP contribution in [-0.4, -0.2) is 17.0 Å².